The van der Waals surface area contributed by atoms with Gasteiger partial charge in [-0.05, 0) is 19.1 Å². The van der Waals surface area contributed by atoms with Gasteiger partial charge in [0.25, 0.3) is 0 Å². The molecular formula is C16H18N4O2S. The number of hydrogen-bond acceptors (Lipinski definition) is 4. The van der Waals surface area contributed by atoms with Crippen LogP contribution >= 0.6 is 11.8 Å². The monoisotopic (exact) mass is 330 g/mol. The smallest absolute Gasteiger partial charge is 0.324 e. The van der Waals surface area contributed by atoms with Gasteiger partial charge in [0.15, 0.2) is 5.16 Å². The van der Waals surface area contributed by atoms with Crippen LogP contribution in [0.2, 0.25) is 0 Å². The predicted molar refractivity (Wildman–Crippen MR) is 90.4 cm³/mol. The molecule has 2 aromatic rings. The lowest BCUT2D eigenvalue weighted by atomic mass is 10.3. The van der Waals surface area contributed by atoms with E-state index in [0.717, 1.165) is 16.2 Å². The maximum absolute atomic E-state index is 12.4. The average molecular weight is 330 g/mol. The Morgan fingerprint density at radius 3 is 3.00 bits per heavy atom. The molecule has 1 aliphatic heterocycles. The SMILES string of the molecule is C=CCn1c(SC(C)C(=O)N2CCNC2=O)nc2ccccc21. The molecule has 1 saturated heterocycles. The van der Waals surface area contributed by atoms with Crippen molar-refractivity contribution >= 4 is 34.7 Å². The Balaban J connectivity index is 1.85. The summed E-state index contributed by atoms with van der Waals surface area (Å²) < 4.78 is 2.03. The summed E-state index contributed by atoms with van der Waals surface area (Å²) in [6.07, 6.45) is 1.80. The molecule has 1 atom stereocenters. The first-order valence-electron chi connectivity index (χ1n) is 7.44. The van der Waals surface area contributed by atoms with Crippen LogP contribution in [0.1, 0.15) is 6.92 Å². The highest BCUT2D eigenvalue weighted by atomic mass is 32.2. The van der Waals surface area contributed by atoms with Gasteiger partial charge in [-0.3, -0.25) is 9.69 Å². The molecule has 1 unspecified atom stereocenters. The quantitative estimate of drug-likeness (QED) is 0.674. The van der Waals surface area contributed by atoms with Crippen molar-refractivity contribution in [2.24, 2.45) is 0 Å². The number of fused-ring (bicyclic) bond motifs is 1. The number of nitrogens with zero attached hydrogens (tertiary/aromatic N) is 3. The van der Waals surface area contributed by atoms with E-state index < -0.39 is 0 Å². The number of carbonyl (C=O) groups excluding carboxylic acids is 2. The van der Waals surface area contributed by atoms with Crippen LogP contribution in [0.15, 0.2) is 42.1 Å². The second-order valence-electron chi connectivity index (χ2n) is 5.26. The first-order chi connectivity index (χ1) is 11.1. The zero-order valence-electron chi connectivity index (χ0n) is 12.9. The number of amides is 3. The van der Waals surface area contributed by atoms with Crippen LogP contribution in [0.25, 0.3) is 11.0 Å². The summed E-state index contributed by atoms with van der Waals surface area (Å²) >= 11 is 1.37. The molecule has 6 nitrogen and oxygen atoms in total. The van der Waals surface area contributed by atoms with Crippen LogP contribution in [0.3, 0.4) is 0 Å². The molecule has 0 saturated carbocycles. The molecule has 23 heavy (non-hydrogen) atoms. The van der Waals surface area contributed by atoms with Gasteiger partial charge in [0, 0.05) is 19.6 Å². The van der Waals surface area contributed by atoms with Crippen LogP contribution in [0, 0.1) is 0 Å². The number of benzene rings is 1. The fourth-order valence-electron chi connectivity index (χ4n) is 2.56. The molecule has 1 aliphatic rings. The van der Waals surface area contributed by atoms with E-state index in [2.05, 4.69) is 16.9 Å². The van der Waals surface area contributed by atoms with E-state index in [1.807, 2.05) is 28.8 Å². The molecule has 1 aromatic heterocycles. The van der Waals surface area contributed by atoms with Crippen LogP contribution in [-0.2, 0) is 11.3 Å². The maximum Gasteiger partial charge on any atom is 0.324 e. The molecule has 1 N–H and O–H groups in total. The van der Waals surface area contributed by atoms with Gasteiger partial charge < -0.3 is 9.88 Å². The van der Waals surface area contributed by atoms with Crippen molar-refractivity contribution in [1.82, 2.24) is 19.8 Å². The number of hydrogen-bond donors (Lipinski definition) is 1. The van der Waals surface area contributed by atoms with Gasteiger partial charge in [0.05, 0.1) is 16.3 Å². The molecule has 0 aliphatic carbocycles. The van der Waals surface area contributed by atoms with Crippen molar-refractivity contribution in [2.45, 2.75) is 23.9 Å². The third-order valence-electron chi connectivity index (χ3n) is 3.68. The molecule has 2 heterocycles. The molecule has 3 rings (SSSR count). The number of para-hydroxylation sites is 2. The van der Waals surface area contributed by atoms with E-state index in [9.17, 15) is 9.59 Å². The number of rotatable bonds is 5. The normalized spacial score (nSPS) is 15.7. The number of thioether (sulfide) groups is 1. The Kier molecular flexibility index (Phi) is 4.38. The first-order valence-corrected chi connectivity index (χ1v) is 8.32. The maximum atomic E-state index is 12.4. The van der Waals surface area contributed by atoms with Gasteiger partial charge in [0.2, 0.25) is 5.91 Å². The summed E-state index contributed by atoms with van der Waals surface area (Å²) in [5.41, 5.74) is 1.89. The van der Waals surface area contributed by atoms with Gasteiger partial charge in [-0.2, -0.15) is 0 Å². The molecule has 0 radical (unpaired) electrons. The number of allylic oxidation sites excluding steroid dienone is 1. The summed E-state index contributed by atoms with van der Waals surface area (Å²) in [6, 6.07) is 7.52. The molecule has 1 aromatic carbocycles. The Bertz CT molecular complexity index is 771. The first kappa shape index (κ1) is 15.6. The fourth-order valence-corrected chi connectivity index (χ4v) is 3.55. The molecule has 7 heteroatoms. The molecule has 120 valence electrons. The summed E-state index contributed by atoms with van der Waals surface area (Å²) in [5, 5.41) is 3.01. The Hall–Kier alpha value is -2.28. The van der Waals surface area contributed by atoms with Crippen molar-refractivity contribution in [1.29, 1.82) is 0 Å². The Morgan fingerprint density at radius 2 is 2.30 bits per heavy atom. The molecule has 3 amide bonds. The summed E-state index contributed by atoms with van der Waals surface area (Å²) in [5.74, 6) is -0.192. The topological polar surface area (TPSA) is 67.2 Å². The highest BCUT2D eigenvalue weighted by Crippen LogP contribution is 2.28. The third kappa shape index (κ3) is 2.96. The van der Waals surface area contributed by atoms with Crippen LogP contribution in [0.4, 0.5) is 4.79 Å². The number of imidazole rings is 1. The minimum Gasteiger partial charge on any atom is -0.336 e. The number of carbonyl (C=O) groups is 2. The van der Waals surface area contributed by atoms with Crippen LogP contribution in [-0.4, -0.2) is 44.7 Å². The summed E-state index contributed by atoms with van der Waals surface area (Å²) in [7, 11) is 0. The number of aromatic nitrogens is 2. The lowest BCUT2D eigenvalue weighted by Gasteiger charge is -2.17. The summed E-state index contributed by atoms with van der Waals surface area (Å²) in [6.45, 7) is 7.14. The molecular weight excluding hydrogens is 312 g/mol. The molecule has 0 spiro atoms. The second kappa shape index (κ2) is 6.45. The van der Waals surface area contributed by atoms with Crippen molar-refractivity contribution in [3.63, 3.8) is 0 Å². The standard InChI is InChI=1S/C16H18N4O2S/c1-3-9-19-13-7-5-4-6-12(13)18-16(19)23-11(2)14(21)20-10-8-17-15(20)22/h3-7,11H,1,8-10H2,2H3,(H,17,22). The number of nitrogens with one attached hydrogen (secondary N) is 1. The lowest BCUT2D eigenvalue weighted by Crippen LogP contribution is -2.39. The Morgan fingerprint density at radius 1 is 1.52 bits per heavy atom. The van der Waals surface area contributed by atoms with Crippen molar-refractivity contribution in [3.05, 3.63) is 36.9 Å². The fraction of sp³-hybridized carbons (Fsp3) is 0.312. The lowest BCUT2D eigenvalue weighted by molar-refractivity contribution is -0.126. The van der Waals surface area contributed by atoms with E-state index in [1.54, 1.807) is 13.0 Å². The van der Waals surface area contributed by atoms with E-state index in [-0.39, 0.29) is 17.2 Å². The highest BCUT2D eigenvalue weighted by molar-refractivity contribution is 8.00. The zero-order valence-corrected chi connectivity index (χ0v) is 13.7. The van der Waals surface area contributed by atoms with Gasteiger partial charge in [0.1, 0.15) is 0 Å². The third-order valence-corrected chi connectivity index (χ3v) is 4.76. The van der Waals surface area contributed by atoms with Crippen molar-refractivity contribution in [3.8, 4) is 0 Å². The average Bonchev–Trinajstić information content (AvgIpc) is 3.11. The minimum absolute atomic E-state index is 0.192. The predicted octanol–water partition coefficient (Wildman–Crippen LogP) is 2.25. The van der Waals surface area contributed by atoms with E-state index in [0.29, 0.717) is 19.6 Å². The Labute approximate surface area is 138 Å². The van der Waals surface area contributed by atoms with Gasteiger partial charge in [-0.15, -0.1) is 6.58 Å². The van der Waals surface area contributed by atoms with E-state index >= 15 is 0 Å². The van der Waals surface area contributed by atoms with E-state index in [4.69, 9.17) is 0 Å². The van der Waals surface area contributed by atoms with Gasteiger partial charge in [-0.25, -0.2) is 9.78 Å². The van der Waals surface area contributed by atoms with Crippen molar-refractivity contribution < 1.29 is 9.59 Å². The van der Waals surface area contributed by atoms with Crippen LogP contribution in [0.5, 0.6) is 0 Å². The van der Waals surface area contributed by atoms with E-state index in [1.165, 1.54) is 16.7 Å². The van der Waals surface area contributed by atoms with Crippen molar-refractivity contribution in [2.75, 3.05) is 13.1 Å². The largest absolute Gasteiger partial charge is 0.336 e. The second-order valence-corrected chi connectivity index (χ2v) is 6.57. The number of urea groups is 1. The molecule has 0 bridgehead atoms. The molecule has 1 fully saturated rings. The minimum atomic E-state index is -0.390. The number of imide groups is 1. The van der Waals surface area contributed by atoms with Gasteiger partial charge in [-0.1, -0.05) is 30.0 Å². The van der Waals surface area contributed by atoms with Crippen LogP contribution < -0.4 is 5.32 Å². The zero-order chi connectivity index (χ0) is 16.4. The highest BCUT2D eigenvalue weighted by Gasteiger charge is 2.31. The summed E-state index contributed by atoms with van der Waals surface area (Å²) in [4.78, 5) is 29.9. The van der Waals surface area contributed by atoms with Gasteiger partial charge >= 0.3 is 6.03 Å².